The van der Waals surface area contributed by atoms with Crippen molar-refractivity contribution in [2.45, 2.75) is 46.0 Å². The van der Waals surface area contributed by atoms with Crippen molar-refractivity contribution in [1.82, 2.24) is 15.0 Å². The molecule has 142 valence electrons. The highest BCUT2D eigenvalue weighted by atomic mass is 35.5. The second-order valence-corrected chi connectivity index (χ2v) is 7.85. The van der Waals surface area contributed by atoms with Crippen LogP contribution in [-0.4, -0.2) is 28.0 Å². The molecule has 1 atom stereocenters. The predicted molar refractivity (Wildman–Crippen MR) is 108 cm³/mol. The van der Waals surface area contributed by atoms with Gasteiger partial charge in [-0.15, -0.1) is 0 Å². The summed E-state index contributed by atoms with van der Waals surface area (Å²) in [6.45, 7) is 6.22. The highest BCUT2D eigenvalue weighted by molar-refractivity contribution is 6.34. The van der Waals surface area contributed by atoms with Gasteiger partial charge in [0.15, 0.2) is 11.5 Å². The number of fused-ring (bicyclic) bond motifs is 1. The van der Waals surface area contributed by atoms with E-state index in [1.54, 1.807) is 6.33 Å². The van der Waals surface area contributed by atoms with Gasteiger partial charge in [-0.2, -0.15) is 0 Å². The van der Waals surface area contributed by atoms with Gasteiger partial charge in [0, 0.05) is 30.8 Å². The van der Waals surface area contributed by atoms with Crippen LogP contribution in [0.4, 0.5) is 5.82 Å². The average molecular weight is 385 g/mol. The van der Waals surface area contributed by atoms with Gasteiger partial charge in [-0.25, -0.2) is 15.0 Å². The molecule has 0 saturated carbocycles. The quantitative estimate of drug-likeness (QED) is 0.626. The van der Waals surface area contributed by atoms with E-state index in [9.17, 15) is 0 Å². The molecule has 4 rings (SSSR count). The molecular weight excluding hydrogens is 360 g/mol. The van der Waals surface area contributed by atoms with E-state index in [1.807, 2.05) is 25.1 Å². The maximum atomic E-state index is 6.23. The molecule has 0 spiro atoms. The van der Waals surface area contributed by atoms with Gasteiger partial charge < -0.3 is 9.32 Å². The Balaban J connectivity index is 1.48. The molecule has 2 aromatic heterocycles. The first kappa shape index (κ1) is 18.2. The highest BCUT2D eigenvalue weighted by Gasteiger charge is 2.21. The van der Waals surface area contributed by atoms with Crippen molar-refractivity contribution in [3.05, 3.63) is 46.7 Å². The van der Waals surface area contributed by atoms with Crippen LogP contribution in [0, 0.1) is 19.8 Å². The van der Waals surface area contributed by atoms with Crippen molar-refractivity contribution < 1.29 is 4.42 Å². The van der Waals surface area contributed by atoms with E-state index >= 15 is 0 Å². The Labute approximate surface area is 164 Å². The SMILES string of the molecule is Cc1ncnc(N2CCCCC(Cc3nc4c(Cl)cccc4o3)CC2)c1C. The zero-order valence-corrected chi connectivity index (χ0v) is 16.7. The number of anilines is 1. The van der Waals surface area contributed by atoms with Gasteiger partial charge in [0.25, 0.3) is 0 Å². The minimum Gasteiger partial charge on any atom is -0.441 e. The molecule has 1 aliphatic rings. The number of para-hydroxylation sites is 1. The van der Waals surface area contributed by atoms with Crippen molar-refractivity contribution in [3.8, 4) is 0 Å². The van der Waals surface area contributed by atoms with Crippen molar-refractivity contribution >= 4 is 28.5 Å². The van der Waals surface area contributed by atoms with Gasteiger partial charge in [0.05, 0.1) is 5.02 Å². The van der Waals surface area contributed by atoms with Gasteiger partial charge >= 0.3 is 0 Å². The van der Waals surface area contributed by atoms with Crippen LogP contribution in [0.25, 0.3) is 11.1 Å². The maximum Gasteiger partial charge on any atom is 0.195 e. The number of halogens is 1. The summed E-state index contributed by atoms with van der Waals surface area (Å²) in [6, 6.07) is 5.69. The molecule has 6 heteroatoms. The summed E-state index contributed by atoms with van der Waals surface area (Å²) in [6.07, 6.45) is 7.25. The van der Waals surface area contributed by atoms with E-state index in [2.05, 4.69) is 26.8 Å². The summed E-state index contributed by atoms with van der Waals surface area (Å²) in [5, 5.41) is 0.654. The number of benzene rings is 1. The van der Waals surface area contributed by atoms with Crippen LogP contribution in [0.1, 0.15) is 42.8 Å². The fourth-order valence-corrected chi connectivity index (χ4v) is 4.09. The Kier molecular flexibility index (Phi) is 5.30. The van der Waals surface area contributed by atoms with Crippen molar-refractivity contribution in [2.24, 2.45) is 5.92 Å². The molecule has 1 fully saturated rings. The molecule has 0 N–H and O–H groups in total. The Bertz CT molecular complexity index is 939. The fraction of sp³-hybridized carbons (Fsp3) is 0.476. The largest absolute Gasteiger partial charge is 0.441 e. The van der Waals surface area contributed by atoms with Gasteiger partial charge in [-0.05, 0) is 51.2 Å². The molecule has 0 radical (unpaired) electrons. The fourth-order valence-electron chi connectivity index (χ4n) is 3.89. The molecule has 27 heavy (non-hydrogen) atoms. The molecular formula is C21H25ClN4O. The zero-order valence-electron chi connectivity index (χ0n) is 15.9. The van der Waals surface area contributed by atoms with E-state index in [0.29, 0.717) is 10.9 Å². The lowest BCUT2D eigenvalue weighted by molar-refractivity contribution is 0.371. The Morgan fingerprint density at radius 1 is 1.15 bits per heavy atom. The first-order valence-electron chi connectivity index (χ1n) is 9.69. The average Bonchev–Trinajstić information content (AvgIpc) is 3.05. The van der Waals surface area contributed by atoms with Gasteiger partial charge in [-0.3, -0.25) is 0 Å². The van der Waals surface area contributed by atoms with E-state index in [4.69, 9.17) is 16.0 Å². The number of aryl methyl sites for hydroxylation is 1. The first-order valence-corrected chi connectivity index (χ1v) is 10.1. The molecule has 1 aliphatic heterocycles. The highest BCUT2D eigenvalue weighted by Crippen LogP contribution is 2.28. The molecule has 3 aromatic rings. The molecule has 0 amide bonds. The van der Waals surface area contributed by atoms with Crippen LogP contribution in [0.2, 0.25) is 5.02 Å². The number of aromatic nitrogens is 3. The zero-order chi connectivity index (χ0) is 18.8. The van der Waals surface area contributed by atoms with Crippen molar-refractivity contribution in [1.29, 1.82) is 0 Å². The summed E-state index contributed by atoms with van der Waals surface area (Å²) in [5.41, 5.74) is 3.79. The minimum atomic E-state index is 0.558. The first-order chi connectivity index (χ1) is 13.1. The topological polar surface area (TPSA) is 55.1 Å². The van der Waals surface area contributed by atoms with Gasteiger partial charge in [0.2, 0.25) is 0 Å². The van der Waals surface area contributed by atoms with Crippen LogP contribution < -0.4 is 4.90 Å². The number of nitrogens with zero attached hydrogens (tertiary/aromatic N) is 4. The van der Waals surface area contributed by atoms with Crippen LogP contribution in [0.5, 0.6) is 0 Å². The third kappa shape index (κ3) is 3.93. The summed E-state index contributed by atoms with van der Waals surface area (Å²) >= 11 is 6.23. The van der Waals surface area contributed by atoms with E-state index in [1.165, 1.54) is 24.8 Å². The Morgan fingerprint density at radius 3 is 2.89 bits per heavy atom. The predicted octanol–water partition coefficient (Wildman–Crippen LogP) is 5.13. The number of hydrogen-bond acceptors (Lipinski definition) is 5. The van der Waals surface area contributed by atoms with Crippen molar-refractivity contribution in [3.63, 3.8) is 0 Å². The standard InChI is InChI=1S/C21H25ClN4O/c1-14-15(2)23-13-24-21(14)26-10-4-3-6-16(9-11-26)12-19-25-20-17(22)7-5-8-18(20)27-19/h5,7-8,13,16H,3-4,6,9-12H2,1-2H3. The lowest BCUT2D eigenvalue weighted by Gasteiger charge is -2.30. The number of rotatable bonds is 3. The minimum absolute atomic E-state index is 0.558. The van der Waals surface area contributed by atoms with E-state index in [0.717, 1.165) is 54.4 Å². The molecule has 1 saturated heterocycles. The second kappa shape index (κ2) is 7.85. The lowest BCUT2D eigenvalue weighted by Crippen LogP contribution is -2.31. The third-order valence-electron chi connectivity index (χ3n) is 5.58. The summed E-state index contributed by atoms with van der Waals surface area (Å²) in [5.74, 6) is 2.43. The smallest absolute Gasteiger partial charge is 0.195 e. The van der Waals surface area contributed by atoms with Crippen molar-refractivity contribution in [2.75, 3.05) is 18.0 Å². The third-order valence-corrected chi connectivity index (χ3v) is 5.89. The molecule has 0 bridgehead atoms. The van der Waals surface area contributed by atoms with Crippen LogP contribution in [-0.2, 0) is 6.42 Å². The second-order valence-electron chi connectivity index (χ2n) is 7.44. The van der Waals surface area contributed by atoms with Crippen LogP contribution in [0.15, 0.2) is 28.9 Å². The summed E-state index contributed by atoms with van der Waals surface area (Å²) in [7, 11) is 0. The monoisotopic (exact) mass is 384 g/mol. The van der Waals surface area contributed by atoms with Gasteiger partial charge in [0.1, 0.15) is 17.7 Å². The number of oxazole rings is 1. The van der Waals surface area contributed by atoms with Crippen LogP contribution in [0.3, 0.4) is 0 Å². The molecule has 5 nitrogen and oxygen atoms in total. The maximum absolute atomic E-state index is 6.23. The molecule has 0 aliphatic carbocycles. The summed E-state index contributed by atoms with van der Waals surface area (Å²) in [4.78, 5) is 15.9. The van der Waals surface area contributed by atoms with Gasteiger partial charge in [-0.1, -0.05) is 24.1 Å². The molecule has 1 aromatic carbocycles. The Hall–Kier alpha value is -2.14. The Morgan fingerprint density at radius 2 is 2.04 bits per heavy atom. The lowest BCUT2D eigenvalue weighted by atomic mass is 9.93. The number of hydrogen-bond donors (Lipinski definition) is 0. The van der Waals surface area contributed by atoms with E-state index < -0.39 is 0 Å². The van der Waals surface area contributed by atoms with E-state index in [-0.39, 0.29) is 0 Å². The molecule has 1 unspecified atom stereocenters. The normalized spacial score (nSPS) is 18.5. The summed E-state index contributed by atoms with van der Waals surface area (Å²) < 4.78 is 5.94. The van der Waals surface area contributed by atoms with Crippen LogP contribution >= 0.6 is 11.6 Å². The molecule has 3 heterocycles.